The molecule has 1 heterocycles. The van der Waals surface area contributed by atoms with Gasteiger partial charge in [0.05, 0.1) is 6.10 Å². The lowest BCUT2D eigenvalue weighted by Gasteiger charge is -2.42. The molecule has 0 aliphatic carbocycles. The summed E-state index contributed by atoms with van der Waals surface area (Å²) >= 11 is 0. The number of esters is 4. The Bertz CT molecular complexity index is 487. The van der Waals surface area contributed by atoms with Crippen LogP contribution in [-0.4, -0.2) is 54.6 Å². The van der Waals surface area contributed by atoms with E-state index >= 15 is 0 Å². The molecule has 0 N–H and O–H groups in total. The summed E-state index contributed by atoms with van der Waals surface area (Å²) in [6.45, 7) is 6.16. The lowest BCUT2D eigenvalue weighted by molar-refractivity contribution is -0.292. The van der Waals surface area contributed by atoms with Crippen LogP contribution < -0.4 is 0 Å². The van der Waals surface area contributed by atoms with Gasteiger partial charge in [-0.25, -0.2) is 0 Å². The smallest absolute Gasteiger partial charge is 0.305 e. The Morgan fingerprint density at radius 3 is 1.48 bits per heavy atom. The van der Waals surface area contributed by atoms with E-state index in [-0.39, 0.29) is 0 Å². The molecule has 1 fully saturated rings. The predicted molar refractivity (Wildman–Crippen MR) is 72.8 cm³/mol. The van der Waals surface area contributed by atoms with Crippen molar-refractivity contribution in [1.29, 1.82) is 0 Å². The van der Waals surface area contributed by atoms with Gasteiger partial charge in [0.2, 0.25) is 12.4 Å². The molecule has 0 aromatic heterocycles. The van der Waals surface area contributed by atoms with Crippen LogP contribution in [0.1, 0.15) is 34.6 Å². The van der Waals surface area contributed by atoms with Crippen LogP contribution in [-0.2, 0) is 42.9 Å². The van der Waals surface area contributed by atoms with E-state index in [2.05, 4.69) is 0 Å². The molecule has 1 saturated heterocycles. The van der Waals surface area contributed by atoms with Gasteiger partial charge in [-0.3, -0.25) is 19.2 Å². The molecule has 1 aliphatic heterocycles. The lowest BCUT2D eigenvalue weighted by atomic mass is 9.99. The van der Waals surface area contributed by atoms with Crippen molar-refractivity contribution in [2.45, 2.75) is 65.3 Å². The number of hydrogen-bond acceptors (Lipinski definition) is 9. The van der Waals surface area contributed by atoms with Crippen LogP contribution in [0.3, 0.4) is 0 Å². The summed E-state index contributed by atoms with van der Waals surface area (Å²) < 4.78 is 25.7. The SMILES string of the molecule is CC(=O)OC1OC(C)[C@H](OC(C)=O)[C@H](OC(C)=O)C1OC(C)=O. The number of carbonyl (C=O) groups is 4. The Hall–Kier alpha value is -2.16. The molecule has 0 bridgehead atoms. The van der Waals surface area contributed by atoms with Crippen LogP contribution in [0.25, 0.3) is 0 Å². The van der Waals surface area contributed by atoms with Gasteiger partial charge in [-0.05, 0) is 6.92 Å². The maximum Gasteiger partial charge on any atom is 0.305 e. The summed E-state index contributed by atoms with van der Waals surface area (Å²) in [6.07, 6.45) is -5.51. The van der Waals surface area contributed by atoms with E-state index in [0.29, 0.717) is 0 Å². The number of ether oxygens (including phenoxy) is 5. The molecule has 3 unspecified atom stereocenters. The second-order valence-electron chi connectivity index (χ2n) is 5.04. The Morgan fingerprint density at radius 2 is 1.04 bits per heavy atom. The number of rotatable bonds is 4. The second-order valence-corrected chi connectivity index (χ2v) is 5.04. The van der Waals surface area contributed by atoms with Gasteiger partial charge >= 0.3 is 23.9 Å². The maximum atomic E-state index is 11.4. The fourth-order valence-corrected chi connectivity index (χ4v) is 2.23. The first-order valence-electron chi connectivity index (χ1n) is 6.96. The third-order valence-electron chi connectivity index (χ3n) is 2.92. The molecule has 0 aromatic rings. The third-order valence-corrected chi connectivity index (χ3v) is 2.92. The Morgan fingerprint density at radius 1 is 0.652 bits per heavy atom. The molecule has 130 valence electrons. The van der Waals surface area contributed by atoms with Crippen molar-refractivity contribution in [3.63, 3.8) is 0 Å². The molecular weight excluding hydrogens is 312 g/mol. The van der Waals surface area contributed by atoms with Crippen LogP contribution in [0.4, 0.5) is 0 Å². The zero-order valence-corrected chi connectivity index (χ0v) is 13.6. The lowest BCUT2D eigenvalue weighted by Crippen LogP contribution is -2.61. The first-order chi connectivity index (χ1) is 10.6. The van der Waals surface area contributed by atoms with E-state index in [1.165, 1.54) is 6.92 Å². The van der Waals surface area contributed by atoms with Crippen molar-refractivity contribution in [2.75, 3.05) is 0 Å². The van der Waals surface area contributed by atoms with E-state index in [0.717, 1.165) is 20.8 Å². The molecule has 0 spiro atoms. The van der Waals surface area contributed by atoms with Crippen molar-refractivity contribution in [1.82, 2.24) is 0 Å². The van der Waals surface area contributed by atoms with Gasteiger partial charge in [0.15, 0.2) is 12.2 Å². The molecule has 0 radical (unpaired) electrons. The Labute approximate surface area is 133 Å². The minimum absolute atomic E-state index is 0.630. The van der Waals surface area contributed by atoms with Crippen LogP contribution in [0.2, 0.25) is 0 Å². The fourth-order valence-electron chi connectivity index (χ4n) is 2.23. The molecule has 0 amide bonds. The van der Waals surface area contributed by atoms with E-state index in [1.807, 2.05) is 0 Å². The monoisotopic (exact) mass is 332 g/mol. The van der Waals surface area contributed by atoms with Crippen molar-refractivity contribution in [3.05, 3.63) is 0 Å². The van der Waals surface area contributed by atoms with Crippen molar-refractivity contribution < 1.29 is 42.9 Å². The van der Waals surface area contributed by atoms with Crippen LogP contribution in [0.15, 0.2) is 0 Å². The molecule has 1 aliphatic rings. The van der Waals surface area contributed by atoms with Crippen molar-refractivity contribution >= 4 is 23.9 Å². The third kappa shape index (κ3) is 5.51. The van der Waals surface area contributed by atoms with Gasteiger partial charge in [-0.15, -0.1) is 0 Å². The fraction of sp³-hybridized carbons (Fsp3) is 0.714. The summed E-state index contributed by atoms with van der Waals surface area (Å²) in [6, 6.07) is 0. The molecule has 9 nitrogen and oxygen atoms in total. The normalized spacial score (nSPS) is 30.0. The topological polar surface area (TPSA) is 114 Å². The van der Waals surface area contributed by atoms with Gasteiger partial charge in [0, 0.05) is 27.7 Å². The zero-order chi connectivity index (χ0) is 17.7. The first-order valence-corrected chi connectivity index (χ1v) is 6.96. The quantitative estimate of drug-likeness (QED) is 0.521. The van der Waals surface area contributed by atoms with Crippen LogP contribution in [0, 0.1) is 0 Å². The minimum Gasteiger partial charge on any atom is -0.456 e. The number of carbonyl (C=O) groups excluding carboxylic acids is 4. The van der Waals surface area contributed by atoms with Gasteiger partial charge < -0.3 is 23.7 Å². The largest absolute Gasteiger partial charge is 0.456 e. The predicted octanol–water partition coefficient (Wildman–Crippen LogP) is 0.0894. The molecule has 9 heteroatoms. The maximum absolute atomic E-state index is 11.4. The van der Waals surface area contributed by atoms with E-state index in [1.54, 1.807) is 6.92 Å². The van der Waals surface area contributed by atoms with Gasteiger partial charge in [0.1, 0.15) is 0 Å². The highest BCUT2D eigenvalue weighted by atomic mass is 16.7. The van der Waals surface area contributed by atoms with E-state index in [9.17, 15) is 19.2 Å². The van der Waals surface area contributed by atoms with Gasteiger partial charge in [0.25, 0.3) is 0 Å². The summed E-state index contributed by atoms with van der Waals surface area (Å²) in [7, 11) is 0. The highest BCUT2D eigenvalue weighted by Gasteiger charge is 2.51. The molecule has 0 saturated carbocycles. The summed E-state index contributed by atoms with van der Waals surface area (Å²) in [4.78, 5) is 45.1. The number of hydrogen-bond donors (Lipinski definition) is 0. The molecule has 5 atom stereocenters. The average molecular weight is 332 g/mol. The highest BCUT2D eigenvalue weighted by Crippen LogP contribution is 2.29. The molecule has 1 rings (SSSR count). The summed E-state index contributed by atoms with van der Waals surface area (Å²) in [5.74, 6) is -2.69. The molecular formula is C14H20O9. The van der Waals surface area contributed by atoms with Gasteiger partial charge in [-0.2, -0.15) is 0 Å². The standard InChI is InChI=1S/C14H20O9/c1-6-11(20-7(2)15)12(21-8(3)16)13(22-9(4)17)14(19-6)23-10(5)18/h6,11-14H,1-5H3/t6?,11-,12-,13?,14?/m0/s1. The van der Waals surface area contributed by atoms with Gasteiger partial charge in [-0.1, -0.05) is 0 Å². The zero-order valence-electron chi connectivity index (χ0n) is 13.6. The average Bonchev–Trinajstić information content (AvgIpc) is 2.36. The summed E-state index contributed by atoms with van der Waals surface area (Å²) in [5, 5.41) is 0. The summed E-state index contributed by atoms with van der Waals surface area (Å²) in [5.41, 5.74) is 0. The van der Waals surface area contributed by atoms with E-state index in [4.69, 9.17) is 23.7 Å². The molecule has 0 aromatic carbocycles. The van der Waals surface area contributed by atoms with Crippen molar-refractivity contribution in [2.24, 2.45) is 0 Å². The first kappa shape index (κ1) is 18.9. The van der Waals surface area contributed by atoms with E-state index < -0.39 is 54.6 Å². The van der Waals surface area contributed by atoms with Crippen molar-refractivity contribution in [3.8, 4) is 0 Å². The Balaban J connectivity index is 3.15. The molecule has 23 heavy (non-hydrogen) atoms. The second kappa shape index (κ2) is 7.91. The minimum atomic E-state index is -1.29. The van der Waals surface area contributed by atoms with Crippen LogP contribution >= 0.6 is 0 Å². The Kier molecular flexibility index (Phi) is 6.49. The van der Waals surface area contributed by atoms with Crippen LogP contribution in [0.5, 0.6) is 0 Å². The highest BCUT2D eigenvalue weighted by molar-refractivity contribution is 5.69.